The summed E-state index contributed by atoms with van der Waals surface area (Å²) in [5.41, 5.74) is -0.0492. The van der Waals surface area contributed by atoms with Gasteiger partial charge in [0.15, 0.2) is 0 Å². The highest BCUT2D eigenvalue weighted by atomic mass is 16.5. The molecular formula is C23H37NO4. The molecular weight excluding hydrogens is 354 g/mol. The predicted octanol–water partition coefficient (Wildman–Crippen LogP) is 3.14. The SMILES string of the molecule is COCCO[C@H]1C[C@@]2(C)[C@@H](CC[C@@H]3[C@@H]2[C@@H](O)C[C@]2(C)[C@@H](C#N)CC[C@@H]32)C[C@@H]1O. The fraction of sp³-hybridized carbons (Fsp3) is 0.957. The third-order valence-electron chi connectivity index (χ3n) is 9.37. The second-order valence-corrected chi connectivity index (χ2v) is 10.5. The lowest BCUT2D eigenvalue weighted by molar-refractivity contribution is -0.203. The number of methoxy groups -OCH3 is 1. The fourth-order valence-corrected chi connectivity index (χ4v) is 8.05. The second-order valence-electron chi connectivity index (χ2n) is 10.5. The summed E-state index contributed by atoms with van der Waals surface area (Å²) >= 11 is 0. The molecule has 0 aromatic rings. The van der Waals surface area contributed by atoms with Crippen LogP contribution in [0.15, 0.2) is 0 Å². The van der Waals surface area contributed by atoms with E-state index in [4.69, 9.17) is 9.47 Å². The maximum atomic E-state index is 11.4. The van der Waals surface area contributed by atoms with Gasteiger partial charge in [0.1, 0.15) is 0 Å². The zero-order valence-corrected chi connectivity index (χ0v) is 17.6. The normalized spacial score (nSPS) is 53.0. The van der Waals surface area contributed by atoms with Crippen molar-refractivity contribution >= 4 is 0 Å². The van der Waals surface area contributed by atoms with Crippen LogP contribution in [0.1, 0.15) is 58.8 Å². The van der Waals surface area contributed by atoms with Gasteiger partial charge in [0.25, 0.3) is 0 Å². The molecule has 4 rings (SSSR count). The number of ether oxygens (including phenoxy) is 2. The molecule has 0 aromatic heterocycles. The minimum Gasteiger partial charge on any atom is -0.393 e. The number of nitrogens with zero attached hydrogens (tertiary/aromatic N) is 1. The van der Waals surface area contributed by atoms with Gasteiger partial charge in [0, 0.05) is 7.11 Å². The molecule has 0 heterocycles. The molecule has 4 aliphatic rings. The van der Waals surface area contributed by atoms with Crippen molar-refractivity contribution < 1.29 is 19.7 Å². The van der Waals surface area contributed by atoms with Crippen LogP contribution < -0.4 is 0 Å². The number of hydrogen-bond donors (Lipinski definition) is 2. The first kappa shape index (κ1) is 20.6. The van der Waals surface area contributed by atoms with Gasteiger partial charge in [-0.05, 0) is 79.4 Å². The van der Waals surface area contributed by atoms with E-state index in [2.05, 4.69) is 19.9 Å². The maximum Gasteiger partial charge on any atom is 0.0840 e. The van der Waals surface area contributed by atoms with Crippen LogP contribution in [0.3, 0.4) is 0 Å². The third-order valence-corrected chi connectivity index (χ3v) is 9.37. The molecule has 5 nitrogen and oxygen atoms in total. The van der Waals surface area contributed by atoms with Crippen molar-refractivity contribution in [1.29, 1.82) is 5.26 Å². The van der Waals surface area contributed by atoms with E-state index < -0.39 is 6.10 Å². The fourth-order valence-electron chi connectivity index (χ4n) is 8.05. The number of fused-ring (bicyclic) bond motifs is 5. The molecule has 0 aromatic carbocycles. The monoisotopic (exact) mass is 391 g/mol. The first-order chi connectivity index (χ1) is 13.3. The van der Waals surface area contributed by atoms with Crippen LogP contribution in [0.25, 0.3) is 0 Å². The smallest absolute Gasteiger partial charge is 0.0840 e. The van der Waals surface area contributed by atoms with Crippen molar-refractivity contribution in [1.82, 2.24) is 0 Å². The van der Waals surface area contributed by atoms with Crippen LogP contribution in [0.2, 0.25) is 0 Å². The number of hydrogen-bond acceptors (Lipinski definition) is 5. The standard InChI is InChI=1S/C23H37NO4/c1-22-11-19(26)21-16(17(22)7-5-15(22)13-24)6-4-14-10-18(25)20(12-23(14,21)2)28-9-8-27-3/h14-21,25-26H,4-12H2,1-3H3/t14-,15+,16-,17-,18-,19-,20-,21+,22+,23-/m0/s1. The Hall–Kier alpha value is -0.670. The van der Waals surface area contributed by atoms with Gasteiger partial charge in [-0.2, -0.15) is 5.26 Å². The first-order valence-corrected chi connectivity index (χ1v) is 11.2. The van der Waals surface area contributed by atoms with E-state index in [9.17, 15) is 15.5 Å². The molecule has 0 radical (unpaired) electrons. The number of aliphatic hydroxyl groups excluding tert-OH is 2. The Morgan fingerprint density at radius 3 is 2.50 bits per heavy atom. The molecule has 0 saturated heterocycles. The minimum atomic E-state index is -0.424. The lowest BCUT2D eigenvalue weighted by Gasteiger charge is -2.62. The minimum absolute atomic E-state index is 0.00857. The van der Waals surface area contributed by atoms with Gasteiger partial charge in [-0.25, -0.2) is 0 Å². The highest BCUT2D eigenvalue weighted by molar-refractivity contribution is 5.15. The van der Waals surface area contributed by atoms with E-state index in [0.717, 1.165) is 44.9 Å². The van der Waals surface area contributed by atoms with E-state index in [-0.39, 0.29) is 34.9 Å². The summed E-state index contributed by atoms with van der Waals surface area (Å²) in [4.78, 5) is 0. The molecule has 4 aliphatic carbocycles. The van der Waals surface area contributed by atoms with Crippen LogP contribution in [0.5, 0.6) is 0 Å². The Kier molecular flexibility index (Phi) is 5.55. The molecule has 2 N–H and O–H groups in total. The zero-order valence-electron chi connectivity index (χ0n) is 17.6. The van der Waals surface area contributed by atoms with E-state index in [1.807, 2.05) is 0 Å². The summed E-state index contributed by atoms with van der Waals surface area (Å²) in [7, 11) is 1.66. The van der Waals surface area contributed by atoms with Crippen molar-refractivity contribution in [2.45, 2.75) is 77.1 Å². The van der Waals surface area contributed by atoms with Crippen LogP contribution in [-0.2, 0) is 9.47 Å². The summed E-state index contributed by atoms with van der Waals surface area (Å²) in [6.45, 7) is 5.64. The van der Waals surface area contributed by atoms with Gasteiger partial charge < -0.3 is 19.7 Å². The Morgan fingerprint density at radius 2 is 1.79 bits per heavy atom. The van der Waals surface area contributed by atoms with Crippen molar-refractivity contribution in [3.8, 4) is 6.07 Å². The Bertz CT molecular complexity index is 620. The van der Waals surface area contributed by atoms with Crippen LogP contribution in [0, 0.1) is 51.8 Å². The summed E-state index contributed by atoms with van der Waals surface area (Å²) < 4.78 is 11.1. The van der Waals surface area contributed by atoms with Crippen LogP contribution >= 0.6 is 0 Å². The van der Waals surface area contributed by atoms with Gasteiger partial charge in [0.05, 0.1) is 43.5 Å². The maximum absolute atomic E-state index is 11.4. The lowest BCUT2D eigenvalue weighted by atomic mass is 9.43. The number of aliphatic hydroxyl groups is 2. The average molecular weight is 392 g/mol. The zero-order chi connectivity index (χ0) is 20.1. The summed E-state index contributed by atoms with van der Waals surface area (Å²) in [6.07, 6.45) is 5.73. The van der Waals surface area contributed by atoms with Crippen molar-refractivity contribution in [2.24, 2.45) is 40.4 Å². The van der Waals surface area contributed by atoms with E-state index in [1.54, 1.807) is 7.11 Å². The highest BCUT2D eigenvalue weighted by Crippen LogP contribution is 2.67. The van der Waals surface area contributed by atoms with Crippen molar-refractivity contribution in [3.05, 3.63) is 0 Å². The number of rotatable bonds is 4. The van der Waals surface area contributed by atoms with E-state index in [1.165, 1.54) is 0 Å². The molecule has 0 amide bonds. The lowest BCUT2D eigenvalue weighted by Crippen LogP contribution is -2.61. The molecule has 28 heavy (non-hydrogen) atoms. The Balaban J connectivity index is 1.59. The quantitative estimate of drug-likeness (QED) is 0.720. The second kappa shape index (κ2) is 7.54. The topological polar surface area (TPSA) is 82.7 Å². The summed E-state index contributed by atoms with van der Waals surface area (Å²) in [5.74, 6) is 1.81. The predicted molar refractivity (Wildman–Crippen MR) is 105 cm³/mol. The molecule has 158 valence electrons. The molecule has 5 heteroatoms. The molecule has 4 saturated carbocycles. The Morgan fingerprint density at radius 1 is 1.00 bits per heavy atom. The van der Waals surface area contributed by atoms with Crippen molar-refractivity contribution in [3.63, 3.8) is 0 Å². The van der Waals surface area contributed by atoms with Gasteiger partial charge >= 0.3 is 0 Å². The average Bonchev–Trinajstić information content (AvgIpc) is 2.98. The molecule has 0 spiro atoms. The molecule has 0 aliphatic heterocycles. The largest absolute Gasteiger partial charge is 0.393 e. The van der Waals surface area contributed by atoms with Crippen LogP contribution in [-0.4, -0.2) is 48.8 Å². The first-order valence-electron chi connectivity index (χ1n) is 11.2. The van der Waals surface area contributed by atoms with E-state index in [0.29, 0.717) is 31.0 Å². The number of nitriles is 1. The van der Waals surface area contributed by atoms with Gasteiger partial charge in [0.2, 0.25) is 0 Å². The molecule has 4 fully saturated rings. The van der Waals surface area contributed by atoms with Gasteiger partial charge in [-0.1, -0.05) is 13.8 Å². The van der Waals surface area contributed by atoms with Gasteiger partial charge in [-0.15, -0.1) is 0 Å². The highest BCUT2D eigenvalue weighted by Gasteiger charge is 2.64. The molecule has 10 atom stereocenters. The molecule has 0 unspecified atom stereocenters. The van der Waals surface area contributed by atoms with Crippen molar-refractivity contribution in [2.75, 3.05) is 20.3 Å². The van der Waals surface area contributed by atoms with Gasteiger partial charge in [-0.3, -0.25) is 0 Å². The Labute approximate surface area is 169 Å². The summed E-state index contributed by atoms with van der Waals surface area (Å²) in [6, 6.07) is 2.55. The third kappa shape index (κ3) is 3.03. The summed E-state index contributed by atoms with van der Waals surface area (Å²) in [5, 5.41) is 31.7. The molecule has 0 bridgehead atoms. The van der Waals surface area contributed by atoms with Crippen LogP contribution in [0.4, 0.5) is 0 Å². The van der Waals surface area contributed by atoms with E-state index >= 15 is 0 Å².